The Hall–Kier alpha value is -2.96. The number of piperazine rings is 1. The van der Waals surface area contributed by atoms with Crippen LogP contribution in [0.15, 0.2) is 36.7 Å². The number of benzene rings is 1. The third kappa shape index (κ3) is 4.72. The molecule has 1 N–H and O–H groups in total. The van der Waals surface area contributed by atoms with Crippen LogP contribution >= 0.6 is 0 Å². The SMILES string of the molecule is CC(C)c1cccc(C(C)C)c1NC(=O)C(=O)N1CCN(c2ncccn2)CC1. The van der Waals surface area contributed by atoms with Crippen LogP contribution in [-0.4, -0.2) is 52.9 Å². The third-order valence-electron chi connectivity index (χ3n) is 5.21. The fourth-order valence-corrected chi connectivity index (χ4v) is 3.57. The lowest BCUT2D eigenvalue weighted by Crippen LogP contribution is -2.52. The van der Waals surface area contributed by atoms with Gasteiger partial charge in [0.25, 0.3) is 0 Å². The molecule has 0 radical (unpaired) electrons. The van der Waals surface area contributed by atoms with Gasteiger partial charge < -0.3 is 15.1 Å². The zero-order valence-electron chi connectivity index (χ0n) is 17.6. The second kappa shape index (κ2) is 9.03. The summed E-state index contributed by atoms with van der Waals surface area (Å²) in [6.45, 7) is 10.5. The van der Waals surface area contributed by atoms with Gasteiger partial charge in [-0.3, -0.25) is 9.59 Å². The molecule has 3 rings (SSSR count). The van der Waals surface area contributed by atoms with E-state index in [-0.39, 0.29) is 11.8 Å². The van der Waals surface area contributed by atoms with E-state index in [1.807, 2.05) is 23.1 Å². The lowest BCUT2D eigenvalue weighted by molar-refractivity contribution is -0.143. The Morgan fingerprint density at radius 1 is 0.897 bits per heavy atom. The Bertz CT molecular complexity index is 833. The highest BCUT2D eigenvalue weighted by molar-refractivity contribution is 6.39. The van der Waals surface area contributed by atoms with Crippen LogP contribution in [0.5, 0.6) is 0 Å². The highest BCUT2D eigenvalue weighted by atomic mass is 16.2. The number of hydrogen-bond donors (Lipinski definition) is 1. The van der Waals surface area contributed by atoms with E-state index in [0.29, 0.717) is 32.1 Å². The summed E-state index contributed by atoms with van der Waals surface area (Å²) >= 11 is 0. The van der Waals surface area contributed by atoms with Crippen molar-refractivity contribution >= 4 is 23.5 Å². The molecule has 154 valence electrons. The number of amides is 2. The molecule has 7 heteroatoms. The van der Waals surface area contributed by atoms with E-state index in [4.69, 9.17) is 0 Å². The Morgan fingerprint density at radius 3 is 1.97 bits per heavy atom. The minimum Gasteiger partial charge on any atom is -0.337 e. The summed E-state index contributed by atoms with van der Waals surface area (Å²) in [5.41, 5.74) is 2.86. The zero-order valence-corrected chi connectivity index (χ0v) is 17.6. The molecule has 1 aliphatic rings. The largest absolute Gasteiger partial charge is 0.337 e. The Balaban J connectivity index is 1.68. The quantitative estimate of drug-likeness (QED) is 0.805. The molecule has 2 heterocycles. The van der Waals surface area contributed by atoms with Crippen LogP contribution in [0.2, 0.25) is 0 Å². The van der Waals surface area contributed by atoms with Gasteiger partial charge in [0.15, 0.2) is 0 Å². The molecule has 29 heavy (non-hydrogen) atoms. The molecule has 0 aliphatic carbocycles. The average molecular weight is 396 g/mol. The third-order valence-corrected chi connectivity index (χ3v) is 5.21. The van der Waals surface area contributed by atoms with Gasteiger partial charge in [-0.1, -0.05) is 45.9 Å². The predicted octanol–water partition coefficient (Wildman–Crippen LogP) is 3.01. The molecule has 0 bridgehead atoms. The summed E-state index contributed by atoms with van der Waals surface area (Å²) in [4.78, 5) is 37.7. The van der Waals surface area contributed by atoms with Gasteiger partial charge in [0.1, 0.15) is 0 Å². The molecule has 1 aliphatic heterocycles. The second-order valence-electron chi connectivity index (χ2n) is 7.90. The Morgan fingerprint density at radius 2 is 1.45 bits per heavy atom. The minimum atomic E-state index is -0.579. The van der Waals surface area contributed by atoms with Crippen LogP contribution in [-0.2, 0) is 9.59 Å². The van der Waals surface area contributed by atoms with Crippen LogP contribution in [0.25, 0.3) is 0 Å². The molecule has 0 saturated carbocycles. The number of nitrogens with zero attached hydrogens (tertiary/aromatic N) is 4. The summed E-state index contributed by atoms with van der Waals surface area (Å²) in [6.07, 6.45) is 3.40. The maximum absolute atomic E-state index is 12.8. The van der Waals surface area contributed by atoms with E-state index in [2.05, 4.69) is 43.0 Å². The number of aromatic nitrogens is 2. The maximum Gasteiger partial charge on any atom is 0.313 e. The van der Waals surface area contributed by atoms with Crippen LogP contribution in [0, 0.1) is 0 Å². The Kier molecular flexibility index (Phi) is 6.46. The van der Waals surface area contributed by atoms with Crippen molar-refractivity contribution in [1.29, 1.82) is 0 Å². The van der Waals surface area contributed by atoms with Crippen molar-refractivity contribution in [2.45, 2.75) is 39.5 Å². The first kappa shape index (κ1) is 20.8. The number of rotatable bonds is 4. The second-order valence-corrected chi connectivity index (χ2v) is 7.90. The van der Waals surface area contributed by atoms with Crippen molar-refractivity contribution in [3.05, 3.63) is 47.8 Å². The summed E-state index contributed by atoms with van der Waals surface area (Å²) < 4.78 is 0. The molecular formula is C22H29N5O2. The number of nitrogens with one attached hydrogen (secondary N) is 1. The normalized spacial score (nSPS) is 14.4. The van der Waals surface area contributed by atoms with Crippen LogP contribution < -0.4 is 10.2 Å². The fourth-order valence-electron chi connectivity index (χ4n) is 3.57. The van der Waals surface area contributed by atoms with Gasteiger partial charge >= 0.3 is 11.8 Å². The van der Waals surface area contributed by atoms with Crippen molar-refractivity contribution in [2.75, 3.05) is 36.4 Å². The van der Waals surface area contributed by atoms with Gasteiger partial charge in [0.05, 0.1) is 0 Å². The van der Waals surface area contributed by atoms with Crippen molar-refractivity contribution < 1.29 is 9.59 Å². The number of carbonyl (C=O) groups excluding carboxylic acids is 2. The number of para-hydroxylation sites is 1. The topological polar surface area (TPSA) is 78.4 Å². The van der Waals surface area contributed by atoms with Crippen LogP contribution in [0.4, 0.5) is 11.6 Å². The van der Waals surface area contributed by atoms with Gasteiger partial charge in [-0.05, 0) is 29.0 Å². The number of carbonyl (C=O) groups is 2. The van der Waals surface area contributed by atoms with Gasteiger partial charge in [0, 0.05) is 44.3 Å². The molecule has 0 atom stereocenters. The molecule has 7 nitrogen and oxygen atoms in total. The molecule has 1 saturated heterocycles. The van der Waals surface area contributed by atoms with E-state index in [0.717, 1.165) is 16.8 Å². The predicted molar refractivity (Wildman–Crippen MR) is 114 cm³/mol. The molecule has 0 spiro atoms. The Labute approximate surface area is 172 Å². The summed E-state index contributed by atoms with van der Waals surface area (Å²) in [7, 11) is 0. The highest BCUT2D eigenvalue weighted by Gasteiger charge is 2.28. The molecule has 1 fully saturated rings. The van der Waals surface area contributed by atoms with Crippen molar-refractivity contribution in [3.63, 3.8) is 0 Å². The molecule has 2 aromatic rings. The van der Waals surface area contributed by atoms with E-state index >= 15 is 0 Å². The summed E-state index contributed by atoms with van der Waals surface area (Å²) in [5, 5.41) is 2.91. The first-order valence-corrected chi connectivity index (χ1v) is 10.1. The van der Waals surface area contributed by atoms with Gasteiger partial charge in [-0.15, -0.1) is 0 Å². The molecular weight excluding hydrogens is 366 g/mol. The summed E-state index contributed by atoms with van der Waals surface area (Å²) in [5.74, 6) is 0.0647. The van der Waals surface area contributed by atoms with Crippen molar-refractivity contribution in [3.8, 4) is 0 Å². The number of hydrogen-bond acceptors (Lipinski definition) is 5. The van der Waals surface area contributed by atoms with E-state index < -0.39 is 11.8 Å². The van der Waals surface area contributed by atoms with Gasteiger partial charge in [-0.2, -0.15) is 0 Å². The molecule has 1 aromatic carbocycles. The van der Waals surface area contributed by atoms with Crippen molar-refractivity contribution in [1.82, 2.24) is 14.9 Å². The smallest absolute Gasteiger partial charge is 0.313 e. The minimum absolute atomic E-state index is 0.244. The lowest BCUT2D eigenvalue weighted by atomic mass is 9.92. The van der Waals surface area contributed by atoms with Gasteiger partial charge in [-0.25, -0.2) is 9.97 Å². The summed E-state index contributed by atoms with van der Waals surface area (Å²) in [6, 6.07) is 7.80. The first-order valence-electron chi connectivity index (χ1n) is 10.1. The van der Waals surface area contributed by atoms with Crippen LogP contribution in [0.3, 0.4) is 0 Å². The van der Waals surface area contributed by atoms with Crippen molar-refractivity contribution in [2.24, 2.45) is 0 Å². The number of anilines is 2. The monoisotopic (exact) mass is 395 g/mol. The molecule has 0 unspecified atom stereocenters. The lowest BCUT2D eigenvalue weighted by Gasteiger charge is -2.34. The van der Waals surface area contributed by atoms with E-state index in [9.17, 15) is 9.59 Å². The first-order chi connectivity index (χ1) is 13.9. The molecule has 1 aromatic heterocycles. The maximum atomic E-state index is 12.8. The standard InChI is InChI=1S/C22H29N5O2/c1-15(2)17-7-5-8-18(16(3)4)19(17)25-20(28)21(29)26-11-13-27(14-12-26)22-23-9-6-10-24-22/h5-10,15-16H,11-14H2,1-4H3,(H,25,28). The van der Waals surface area contributed by atoms with Gasteiger partial charge in [0.2, 0.25) is 5.95 Å². The zero-order chi connectivity index (χ0) is 21.0. The van der Waals surface area contributed by atoms with E-state index in [1.54, 1.807) is 23.4 Å². The van der Waals surface area contributed by atoms with E-state index in [1.165, 1.54) is 0 Å². The highest BCUT2D eigenvalue weighted by Crippen LogP contribution is 2.32. The average Bonchev–Trinajstić information content (AvgIpc) is 2.73. The molecule has 2 amide bonds. The fraction of sp³-hybridized carbons (Fsp3) is 0.455. The van der Waals surface area contributed by atoms with Crippen LogP contribution in [0.1, 0.15) is 50.7 Å².